The Labute approximate surface area is 123 Å². The van der Waals surface area contributed by atoms with Crippen LogP contribution in [0.5, 0.6) is 0 Å². The van der Waals surface area contributed by atoms with Crippen molar-refractivity contribution in [1.29, 1.82) is 0 Å². The van der Waals surface area contributed by atoms with Crippen molar-refractivity contribution in [2.75, 3.05) is 0 Å². The molecule has 3 heterocycles. The molecular weight excluding hydrogens is 270 g/mol. The van der Waals surface area contributed by atoms with Gasteiger partial charge in [0.25, 0.3) is 0 Å². The van der Waals surface area contributed by atoms with Gasteiger partial charge in [-0.05, 0) is 45.9 Å². The van der Waals surface area contributed by atoms with Crippen molar-refractivity contribution in [2.45, 2.75) is 38.9 Å². The zero-order valence-electron chi connectivity index (χ0n) is 12.6. The van der Waals surface area contributed by atoms with Crippen molar-refractivity contribution < 1.29 is 13.7 Å². The number of aromatic nitrogens is 2. The number of aromatic amines is 1. The van der Waals surface area contributed by atoms with Crippen LogP contribution < -0.4 is 0 Å². The molecule has 0 radical (unpaired) electrons. The van der Waals surface area contributed by atoms with Crippen LogP contribution in [0.1, 0.15) is 33.3 Å². The Morgan fingerprint density at radius 3 is 2.62 bits per heavy atom. The van der Waals surface area contributed by atoms with E-state index in [1.165, 1.54) is 6.08 Å². The molecule has 1 aliphatic heterocycles. The third-order valence-electron chi connectivity index (χ3n) is 4.25. The lowest BCUT2D eigenvalue weighted by Gasteiger charge is -2.32. The van der Waals surface area contributed by atoms with Crippen LogP contribution in [-0.4, -0.2) is 28.3 Å². The van der Waals surface area contributed by atoms with Crippen molar-refractivity contribution in [3.8, 4) is 0 Å². The van der Waals surface area contributed by atoms with Gasteiger partial charge in [0.15, 0.2) is 0 Å². The molecule has 0 amide bonds. The Morgan fingerprint density at radius 1 is 1.29 bits per heavy atom. The minimum absolute atomic E-state index is 0.446. The smallest absolute Gasteiger partial charge is 0.398 e. The van der Waals surface area contributed by atoms with Gasteiger partial charge in [0.2, 0.25) is 0 Å². The number of H-pyrrole nitrogens is 1. The van der Waals surface area contributed by atoms with Gasteiger partial charge in [-0.1, -0.05) is 0 Å². The summed E-state index contributed by atoms with van der Waals surface area (Å²) in [6.45, 7) is 7.59. The summed E-state index contributed by atoms with van der Waals surface area (Å²) in [6, 6.07) is 3.71. The molecule has 0 spiro atoms. The molecule has 4 nitrogen and oxygen atoms in total. The second-order valence-electron chi connectivity index (χ2n) is 6.26. The Bertz CT molecular complexity index is 693. The van der Waals surface area contributed by atoms with Crippen molar-refractivity contribution >= 4 is 24.2 Å². The molecule has 0 unspecified atom stereocenters. The summed E-state index contributed by atoms with van der Waals surface area (Å²) in [6.07, 6.45) is 4.85. The Hall–Kier alpha value is -1.66. The first kappa shape index (κ1) is 14.3. The summed E-state index contributed by atoms with van der Waals surface area (Å²) in [7, 11) is -0.975. The fourth-order valence-corrected chi connectivity index (χ4v) is 2.27. The highest BCUT2D eigenvalue weighted by Gasteiger charge is 2.53. The number of hydrogen-bond donors (Lipinski definition) is 1. The third-order valence-corrected chi connectivity index (χ3v) is 4.25. The summed E-state index contributed by atoms with van der Waals surface area (Å²) >= 11 is 0. The maximum absolute atomic E-state index is 14.5. The van der Waals surface area contributed by atoms with E-state index in [9.17, 15) is 4.39 Å². The van der Waals surface area contributed by atoms with E-state index in [2.05, 4.69) is 9.97 Å². The van der Waals surface area contributed by atoms with Crippen LogP contribution in [0.25, 0.3) is 17.1 Å². The average molecular weight is 288 g/mol. The Morgan fingerprint density at radius 2 is 1.95 bits per heavy atom. The molecule has 21 heavy (non-hydrogen) atoms. The molecule has 1 aliphatic rings. The Kier molecular flexibility index (Phi) is 3.18. The normalized spacial score (nSPS) is 21.2. The van der Waals surface area contributed by atoms with Crippen LogP contribution >= 0.6 is 0 Å². The van der Waals surface area contributed by atoms with Crippen LogP contribution in [0.4, 0.5) is 4.39 Å². The third kappa shape index (κ3) is 2.38. The standard InChI is InChI=1S/C15H18BFN2O2/c1-14(2)15(3,4)21-16(20-14)12(17)8-10-9-19-13-11(10)6-5-7-18-13/h5-9H,1-4H3,(H,18,19). The zero-order chi connectivity index (χ0) is 15.3. The molecule has 0 atom stereocenters. The van der Waals surface area contributed by atoms with Gasteiger partial charge in [0.1, 0.15) is 11.4 Å². The minimum Gasteiger partial charge on any atom is -0.398 e. The highest BCUT2D eigenvalue weighted by molar-refractivity contribution is 6.54. The van der Waals surface area contributed by atoms with E-state index in [1.807, 2.05) is 39.8 Å². The molecule has 0 aliphatic carbocycles. The second-order valence-corrected chi connectivity index (χ2v) is 6.26. The predicted molar refractivity (Wildman–Crippen MR) is 81.3 cm³/mol. The maximum Gasteiger partial charge on any atom is 0.525 e. The van der Waals surface area contributed by atoms with Crippen LogP contribution in [-0.2, 0) is 9.31 Å². The monoisotopic (exact) mass is 288 g/mol. The van der Waals surface area contributed by atoms with Crippen molar-refractivity contribution in [1.82, 2.24) is 9.97 Å². The maximum atomic E-state index is 14.5. The fourth-order valence-electron chi connectivity index (χ4n) is 2.27. The first-order valence-corrected chi connectivity index (χ1v) is 6.95. The van der Waals surface area contributed by atoms with Crippen LogP contribution in [0.2, 0.25) is 0 Å². The van der Waals surface area contributed by atoms with Gasteiger partial charge in [0, 0.05) is 23.3 Å². The number of nitrogens with one attached hydrogen (secondary N) is 1. The quantitative estimate of drug-likeness (QED) is 0.860. The SMILES string of the molecule is CC1(C)OB(C(F)=Cc2c[nH]c3ncccc23)OC1(C)C. The summed E-state index contributed by atoms with van der Waals surface area (Å²) in [5, 5.41) is 0.865. The number of pyridine rings is 1. The van der Waals surface area contributed by atoms with Crippen molar-refractivity contribution in [3.05, 3.63) is 35.8 Å². The predicted octanol–water partition coefficient (Wildman–Crippen LogP) is 3.50. The number of hydrogen-bond acceptors (Lipinski definition) is 3. The van der Waals surface area contributed by atoms with E-state index in [0.717, 1.165) is 16.6 Å². The van der Waals surface area contributed by atoms with Crippen molar-refractivity contribution in [3.63, 3.8) is 0 Å². The van der Waals surface area contributed by atoms with Crippen LogP contribution in [0.3, 0.4) is 0 Å². The molecule has 2 aromatic heterocycles. The number of nitrogens with zero attached hydrogens (tertiary/aromatic N) is 1. The number of rotatable bonds is 2. The lowest BCUT2D eigenvalue weighted by Crippen LogP contribution is -2.41. The molecule has 3 rings (SSSR count). The number of halogens is 1. The largest absolute Gasteiger partial charge is 0.525 e. The molecule has 1 fully saturated rings. The molecule has 110 valence electrons. The fraction of sp³-hybridized carbons (Fsp3) is 0.400. The molecule has 0 bridgehead atoms. The summed E-state index contributed by atoms with van der Waals surface area (Å²) in [4.78, 5) is 7.20. The summed E-state index contributed by atoms with van der Waals surface area (Å²) in [5.74, 6) is 0. The molecule has 1 N–H and O–H groups in total. The van der Waals surface area contributed by atoms with E-state index >= 15 is 0 Å². The van der Waals surface area contributed by atoms with E-state index in [4.69, 9.17) is 9.31 Å². The van der Waals surface area contributed by atoms with Gasteiger partial charge in [-0.2, -0.15) is 0 Å². The molecule has 2 aromatic rings. The number of fused-ring (bicyclic) bond motifs is 1. The van der Waals surface area contributed by atoms with Gasteiger partial charge < -0.3 is 14.3 Å². The first-order chi connectivity index (χ1) is 9.80. The van der Waals surface area contributed by atoms with Gasteiger partial charge in [-0.3, -0.25) is 0 Å². The van der Waals surface area contributed by atoms with Gasteiger partial charge in [0.05, 0.1) is 11.2 Å². The van der Waals surface area contributed by atoms with Crippen LogP contribution in [0, 0.1) is 0 Å². The Balaban J connectivity index is 1.91. The van der Waals surface area contributed by atoms with E-state index in [1.54, 1.807) is 12.4 Å². The van der Waals surface area contributed by atoms with Gasteiger partial charge >= 0.3 is 7.12 Å². The van der Waals surface area contributed by atoms with E-state index in [-0.39, 0.29) is 0 Å². The topological polar surface area (TPSA) is 47.1 Å². The van der Waals surface area contributed by atoms with E-state index in [0.29, 0.717) is 0 Å². The average Bonchev–Trinajstić information content (AvgIpc) is 2.89. The lowest BCUT2D eigenvalue weighted by molar-refractivity contribution is 0.00578. The molecule has 0 saturated carbocycles. The van der Waals surface area contributed by atoms with Gasteiger partial charge in [-0.25, -0.2) is 9.37 Å². The highest BCUT2D eigenvalue weighted by Crippen LogP contribution is 2.39. The molecular formula is C15H18BFN2O2. The van der Waals surface area contributed by atoms with Gasteiger partial charge in [-0.15, -0.1) is 0 Å². The zero-order valence-corrected chi connectivity index (χ0v) is 12.6. The first-order valence-electron chi connectivity index (χ1n) is 6.95. The minimum atomic E-state index is -0.975. The summed E-state index contributed by atoms with van der Waals surface area (Å²) in [5.41, 5.74) is -0.0934. The van der Waals surface area contributed by atoms with Crippen molar-refractivity contribution in [2.24, 2.45) is 0 Å². The summed E-state index contributed by atoms with van der Waals surface area (Å²) < 4.78 is 25.9. The molecule has 1 saturated heterocycles. The molecule has 0 aromatic carbocycles. The van der Waals surface area contributed by atoms with E-state index < -0.39 is 24.0 Å². The highest BCUT2D eigenvalue weighted by atomic mass is 19.1. The molecule has 6 heteroatoms. The lowest BCUT2D eigenvalue weighted by atomic mass is 9.87. The van der Waals surface area contributed by atoms with Crippen LogP contribution in [0.15, 0.2) is 30.3 Å². The second kappa shape index (κ2) is 4.68.